The molecule has 142 valence electrons. The summed E-state index contributed by atoms with van der Waals surface area (Å²) in [6.07, 6.45) is 10.6. The summed E-state index contributed by atoms with van der Waals surface area (Å²) in [5.74, 6) is 0.825. The van der Waals surface area contributed by atoms with Crippen molar-refractivity contribution in [2.75, 3.05) is 32.7 Å². The normalized spacial score (nSPS) is 27.9. The van der Waals surface area contributed by atoms with E-state index in [1.807, 2.05) is 4.90 Å². The quantitative estimate of drug-likeness (QED) is 0.900. The first-order chi connectivity index (χ1) is 12.6. The molecule has 3 fully saturated rings. The van der Waals surface area contributed by atoms with Gasteiger partial charge in [-0.3, -0.25) is 9.59 Å². The third-order valence-corrected chi connectivity index (χ3v) is 6.61. The number of hydrogen-bond donors (Lipinski definition) is 1. The van der Waals surface area contributed by atoms with Gasteiger partial charge >= 0.3 is 0 Å². The number of piperidine rings is 1. The fourth-order valence-corrected chi connectivity index (χ4v) is 5.27. The molecule has 1 amide bonds. The molecule has 1 aliphatic carbocycles. The van der Waals surface area contributed by atoms with Gasteiger partial charge < -0.3 is 9.80 Å². The predicted molar refractivity (Wildman–Crippen MR) is 100 cm³/mol. The number of carbonyl (C=O) groups is 1. The maximum Gasteiger partial charge on any atom is 0.274 e. The van der Waals surface area contributed by atoms with Crippen molar-refractivity contribution in [3.63, 3.8) is 0 Å². The molecule has 6 heteroatoms. The fourth-order valence-electron chi connectivity index (χ4n) is 5.27. The maximum absolute atomic E-state index is 12.7. The van der Waals surface area contributed by atoms with E-state index in [0.29, 0.717) is 5.69 Å². The second kappa shape index (κ2) is 7.51. The molecule has 1 aromatic rings. The summed E-state index contributed by atoms with van der Waals surface area (Å²) in [6.45, 7) is 5.22. The monoisotopic (exact) mass is 358 g/mol. The molecule has 3 aliphatic rings. The van der Waals surface area contributed by atoms with Crippen LogP contribution in [0.4, 0.5) is 0 Å². The molecule has 6 nitrogen and oxygen atoms in total. The third-order valence-electron chi connectivity index (χ3n) is 6.61. The molecule has 0 radical (unpaired) electrons. The molecule has 1 saturated carbocycles. The Kier molecular flexibility index (Phi) is 5.11. The van der Waals surface area contributed by atoms with Gasteiger partial charge in [-0.15, -0.1) is 0 Å². The van der Waals surface area contributed by atoms with E-state index < -0.39 is 0 Å². The first kappa shape index (κ1) is 17.7. The van der Waals surface area contributed by atoms with Crippen LogP contribution in [0.1, 0.15) is 61.9 Å². The first-order valence-electron chi connectivity index (χ1n) is 10.2. The maximum atomic E-state index is 12.7. The molecule has 0 bridgehead atoms. The molecule has 2 aliphatic heterocycles. The number of amides is 1. The molecular weight excluding hydrogens is 328 g/mol. The van der Waals surface area contributed by atoms with Crippen LogP contribution >= 0.6 is 0 Å². The predicted octanol–water partition coefficient (Wildman–Crippen LogP) is 2.28. The number of nitrogens with one attached hydrogen (secondary N) is 1. The highest BCUT2D eigenvalue weighted by molar-refractivity contribution is 5.92. The Morgan fingerprint density at radius 3 is 2.73 bits per heavy atom. The Morgan fingerprint density at radius 2 is 1.96 bits per heavy atom. The number of aromatic nitrogens is 2. The summed E-state index contributed by atoms with van der Waals surface area (Å²) in [7, 11) is 0. The van der Waals surface area contributed by atoms with Gasteiger partial charge in [-0.25, -0.2) is 5.10 Å². The van der Waals surface area contributed by atoms with Crippen LogP contribution in [0.5, 0.6) is 0 Å². The van der Waals surface area contributed by atoms with Crippen LogP contribution in [0.15, 0.2) is 16.9 Å². The summed E-state index contributed by atoms with van der Waals surface area (Å²) >= 11 is 0. The molecule has 26 heavy (non-hydrogen) atoms. The van der Waals surface area contributed by atoms with Crippen molar-refractivity contribution in [1.82, 2.24) is 20.0 Å². The van der Waals surface area contributed by atoms with Gasteiger partial charge in [0.25, 0.3) is 11.5 Å². The Morgan fingerprint density at radius 1 is 1.12 bits per heavy atom. The van der Waals surface area contributed by atoms with Crippen LogP contribution in [0.25, 0.3) is 0 Å². The molecule has 0 aromatic carbocycles. The van der Waals surface area contributed by atoms with Gasteiger partial charge in [-0.1, -0.05) is 19.3 Å². The van der Waals surface area contributed by atoms with Crippen LogP contribution in [-0.2, 0) is 0 Å². The zero-order chi connectivity index (χ0) is 18.0. The zero-order valence-electron chi connectivity index (χ0n) is 15.6. The van der Waals surface area contributed by atoms with Gasteiger partial charge in [-0.05, 0) is 50.6 Å². The summed E-state index contributed by atoms with van der Waals surface area (Å²) in [4.78, 5) is 28.5. The number of aromatic amines is 1. The van der Waals surface area contributed by atoms with E-state index in [-0.39, 0.29) is 16.9 Å². The molecule has 1 N–H and O–H groups in total. The second-order valence-electron chi connectivity index (χ2n) is 8.63. The number of hydrogen-bond acceptors (Lipinski definition) is 4. The van der Waals surface area contributed by atoms with E-state index in [4.69, 9.17) is 0 Å². The highest BCUT2D eigenvalue weighted by Gasteiger charge is 2.43. The van der Waals surface area contributed by atoms with E-state index in [1.165, 1.54) is 70.2 Å². The van der Waals surface area contributed by atoms with Crippen molar-refractivity contribution in [2.45, 2.75) is 51.4 Å². The summed E-state index contributed by atoms with van der Waals surface area (Å²) in [5, 5.41) is 6.28. The minimum Gasteiger partial charge on any atom is -0.337 e. The molecule has 1 spiro atoms. The minimum atomic E-state index is -0.273. The lowest BCUT2D eigenvalue weighted by atomic mass is 9.78. The van der Waals surface area contributed by atoms with Crippen molar-refractivity contribution in [3.05, 3.63) is 28.2 Å². The second-order valence-corrected chi connectivity index (χ2v) is 8.63. The molecule has 1 atom stereocenters. The number of carbonyl (C=O) groups excluding carboxylic acids is 1. The number of H-pyrrole nitrogens is 1. The van der Waals surface area contributed by atoms with Gasteiger partial charge in [0.05, 0.1) is 0 Å². The lowest BCUT2D eigenvalue weighted by Crippen LogP contribution is -2.47. The number of nitrogens with zero attached hydrogens (tertiary/aromatic N) is 3. The zero-order valence-corrected chi connectivity index (χ0v) is 15.6. The lowest BCUT2D eigenvalue weighted by Gasteiger charge is -2.42. The van der Waals surface area contributed by atoms with Gasteiger partial charge in [-0.2, -0.15) is 5.10 Å². The lowest BCUT2D eigenvalue weighted by molar-refractivity contribution is 0.0626. The highest BCUT2D eigenvalue weighted by atomic mass is 16.2. The molecule has 1 unspecified atom stereocenters. The largest absolute Gasteiger partial charge is 0.337 e. The van der Waals surface area contributed by atoms with Gasteiger partial charge in [0.2, 0.25) is 0 Å². The van der Waals surface area contributed by atoms with E-state index >= 15 is 0 Å². The van der Waals surface area contributed by atoms with Crippen molar-refractivity contribution in [1.29, 1.82) is 0 Å². The Hall–Kier alpha value is -1.69. The number of likely N-dealkylation sites (tertiary alicyclic amines) is 2. The van der Waals surface area contributed by atoms with Gasteiger partial charge in [0, 0.05) is 37.7 Å². The Bertz CT molecular complexity index is 677. The Labute approximate surface area is 155 Å². The molecule has 1 aromatic heterocycles. The summed E-state index contributed by atoms with van der Waals surface area (Å²) in [6, 6.07) is 2.90. The molecule has 3 heterocycles. The van der Waals surface area contributed by atoms with Crippen molar-refractivity contribution < 1.29 is 4.79 Å². The van der Waals surface area contributed by atoms with Crippen LogP contribution in [0, 0.1) is 11.3 Å². The van der Waals surface area contributed by atoms with Crippen molar-refractivity contribution in [3.8, 4) is 0 Å². The third kappa shape index (κ3) is 3.85. The molecule has 2 saturated heterocycles. The van der Waals surface area contributed by atoms with Crippen molar-refractivity contribution in [2.24, 2.45) is 11.3 Å². The average molecular weight is 358 g/mol. The smallest absolute Gasteiger partial charge is 0.274 e. The van der Waals surface area contributed by atoms with E-state index in [2.05, 4.69) is 15.1 Å². The average Bonchev–Trinajstić information content (AvgIpc) is 3.06. The SMILES string of the molecule is O=C(c1ccc(=O)[nH]n1)N1CCC2(CCCN(CC3CCCCC3)C2)C1. The van der Waals surface area contributed by atoms with E-state index in [9.17, 15) is 9.59 Å². The van der Waals surface area contributed by atoms with Crippen LogP contribution in [0.3, 0.4) is 0 Å². The Balaban J connectivity index is 1.37. The fraction of sp³-hybridized carbons (Fsp3) is 0.750. The molecular formula is C20H30N4O2. The van der Waals surface area contributed by atoms with Crippen LogP contribution < -0.4 is 5.56 Å². The number of rotatable bonds is 3. The van der Waals surface area contributed by atoms with E-state index in [0.717, 1.165) is 32.0 Å². The first-order valence-corrected chi connectivity index (χ1v) is 10.2. The summed E-state index contributed by atoms with van der Waals surface area (Å²) < 4.78 is 0. The van der Waals surface area contributed by atoms with Gasteiger partial charge in [0.1, 0.15) is 5.69 Å². The van der Waals surface area contributed by atoms with Crippen LogP contribution in [0.2, 0.25) is 0 Å². The highest BCUT2D eigenvalue weighted by Crippen LogP contribution is 2.40. The molecule has 4 rings (SSSR count). The van der Waals surface area contributed by atoms with Crippen LogP contribution in [-0.4, -0.2) is 58.6 Å². The topological polar surface area (TPSA) is 69.3 Å². The summed E-state index contributed by atoms with van der Waals surface area (Å²) in [5.41, 5.74) is 0.326. The minimum absolute atomic E-state index is 0.0532. The van der Waals surface area contributed by atoms with Crippen molar-refractivity contribution >= 4 is 5.91 Å². The van der Waals surface area contributed by atoms with E-state index in [1.54, 1.807) is 0 Å². The van der Waals surface area contributed by atoms with Gasteiger partial charge in [0.15, 0.2) is 0 Å². The standard InChI is InChI=1S/C20H30N4O2/c25-18-8-7-17(21-22-18)19(26)24-12-10-20(15-24)9-4-11-23(14-20)13-16-5-2-1-3-6-16/h7-8,16H,1-6,9-15H2,(H,22,25).